The smallest absolute Gasteiger partial charge is 0.227 e. The average Bonchev–Trinajstić information content (AvgIpc) is 2.82. The minimum Gasteiger partial charge on any atom is -0.494 e. The Morgan fingerprint density at radius 1 is 1.21 bits per heavy atom. The van der Waals surface area contributed by atoms with E-state index in [1.54, 1.807) is 12.1 Å². The number of hydrogen-bond acceptors (Lipinski definition) is 3. The van der Waals surface area contributed by atoms with Gasteiger partial charge in [0.2, 0.25) is 5.89 Å². The van der Waals surface area contributed by atoms with Crippen LogP contribution in [0.1, 0.15) is 0 Å². The number of ether oxygens (including phenoxy) is 1. The van der Waals surface area contributed by atoms with Crippen LogP contribution in [0, 0.1) is 5.82 Å². The van der Waals surface area contributed by atoms with Crippen LogP contribution in [-0.2, 0) is 0 Å². The van der Waals surface area contributed by atoms with Gasteiger partial charge in [-0.1, -0.05) is 15.9 Å². The Morgan fingerprint density at radius 2 is 2.05 bits per heavy atom. The summed E-state index contributed by atoms with van der Waals surface area (Å²) in [4.78, 5) is 4.36. The highest BCUT2D eigenvalue weighted by Gasteiger charge is 2.11. The first-order valence-corrected chi connectivity index (χ1v) is 6.36. The molecule has 1 heterocycles. The zero-order chi connectivity index (χ0) is 13.4. The molecule has 0 bridgehead atoms. The van der Waals surface area contributed by atoms with E-state index in [4.69, 9.17) is 9.15 Å². The van der Waals surface area contributed by atoms with E-state index in [9.17, 15) is 4.39 Å². The topological polar surface area (TPSA) is 35.3 Å². The molecule has 3 aromatic rings. The third kappa shape index (κ3) is 2.21. The largest absolute Gasteiger partial charge is 0.494 e. The van der Waals surface area contributed by atoms with Gasteiger partial charge in [0.25, 0.3) is 0 Å². The maximum atomic E-state index is 13.4. The molecule has 0 amide bonds. The number of hydrogen-bond donors (Lipinski definition) is 0. The van der Waals surface area contributed by atoms with E-state index in [1.165, 1.54) is 13.2 Å². The molecule has 0 radical (unpaired) electrons. The minimum atomic E-state index is -0.412. The maximum absolute atomic E-state index is 13.4. The Morgan fingerprint density at radius 3 is 2.84 bits per heavy atom. The van der Waals surface area contributed by atoms with Crippen molar-refractivity contribution >= 4 is 27.0 Å². The van der Waals surface area contributed by atoms with Crippen LogP contribution >= 0.6 is 15.9 Å². The molecule has 0 aliphatic rings. The fourth-order valence-electron chi connectivity index (χ4n) is 1.81. The van der Waals surface area contributed by atoms with Crippen LogP contribution in [-0.4, -0.2) is 12.1 Å². The van der Waals surface area contributed by atoms with Crippen LogP contribution in [0.2, 0.25) is 0 Å². The Labute approximate surface area is 117 Å². The number of methoxy groups -OCH3 is 1. The summed E-state index contributed by atoms with van der Waals surface area (Å²) in [5, 5.41) is 0. The summed E-state index contributed by atoms with van der Waals surface area (Å²) >= 11 is 3.37. The summed E-state index contributed by atoms with van der Waals surface area (Å²) in [7, 11) is 1.42. The molecular weight excluding hydrogens is 313 g/mol. The van der Waals surface area contributed by atoms with Gasteiger partial charge in [0.1, 0.15) is 5.52 Å². The fraction of sp³-hybridized carbons (Fsp3) is 0.0714. The molecule has 1 aromatic heterocycles. The van der Waals surface area contributed by atoms with Gasteiger partial charge in [0, 0.05) is 10.0 Å². The second-order valence-electron chi connectivity index (χ2n) is 3.98. The normalized spacial score (nSPS) is 10.9. The minimum absolute atomic E-state index is 0.168. The van der Waals surface area contributed by atoms with Crippen molar-refractivity contribution in [2.75, 3.05) is 7.11 Å². The SMILES string of the molecule is COc1cc(-c2nc3ccc(Br)cc3o2)ccc1F. The second kappa shape index (κ2) is 4.66. The monoisotopic (exact) mass is 321 g/mol. The van der Waals surface area contributed by atoms with E-state index in [0.717, 1.165) is 9.99 Å². The molecule has 19 heavy (non-hydrogen) atoms. The number of halogens is 2. The van der Waals surface area contributed by atoms with Gasteiger partial charge >= 0.3 is 0 Å². The predicted molar refractivity (Wildman–Crippen MR) is 73.7 cm³/mol. The van der Waals surface area contributed by atoms with Gasteiger partial charge < -0.3 is 9.15 Å². The lowest BCUT2D eigenvalue weighted by atomic mass is 10.2. The fourth-order valence-corrected chi connectivity index (χ4v) is 2.15. The third-order valence-electron chi connectivity index (χ3n) is 2.75. The van der Waals surface area contributed by atoms with Gasteiger partial charge in [-0.05, 0) is 36.4 Å². The van der Waals surface area contributed by atoms with E-state index in [0.29, 0.717) is 17.0 Å². The molecule has 0 atom stereocenters. The predicted octanol–water partition coefficient (Wildman–Crippen LogP) is 4.41. The quantitative estimate of drug-likeness (QED) is 0.701. The average molecular weight is 322 g/mol. The van der Waals surface area contributed by atoms with Crippen LogP contribution in [0.5, 0.6) is 5.75 Å². The molecule has 0 fully saturated rings. The Hall–Kier alpha value is -1.88. The number of rotatable bonds is 2. The van der Waals surface area contributed by atoms with Crippen molar-refractivity contribution in [3.8, 4) is 17.2 Å². The van der Waals surface area contributed by atoms with Gasteiger partial charge in [-0.2, -0.15) is 0 Å². The second-order valence-corrected chi connectivity index (χ2v) is 4.90. The van der Waals surface area contributed by atoms with Crippen LogP contribution in [0.3, 0.4) is 0 Å². The van der Waals surface area contributed by atoms with Crippen molar-refractivity contribution in [3.05, 3.63) is 46.7 Å². The molecule has 0 unspecified atom stereocenters. The summed E-state index contributed by atoms with van der Waals surface area (Å²) in [6, 6.07) is 10.1. The van der Waals surface area contributed by atoms with Crippen LogP contribution in [0.25, 0.3) is 22.6 Å². The van der Waals surface area contributed by atoms with Crippen molar-refractivity contribution in [1.82, 2.24) is 4.98 Å². The molecule has 5 heteroatoms. The zero-order valence-corrected chi connectivity index (χ0v) is 11.6. The summed E-state index contributed by atoms with van der Waals surface area (Å²) in [5.74, 6) is 0.192. The lowest BCUT2D eigenvalue weighted by Gasteiger charge is -2.02. The van der Waals surface area contributed by atoms with Gasteiger partial charge in [-0.3, -0.25) is 0 Å². The van der Waals surface area contributed by atoms with E-state index < -0.39 is 5.82 Å². The van der Waals surface area contributed by atoms with E-state index >= 15 is 0 Å². The molecule has 0 saturated heterocycles. The van der Waals surface area contributed by atoms with Crippen LogP contribution in [0.15, 0.2) is 45.3 Å². The summed E-state index contributed by atoms with van der Waals surface area (Å²) in [6.07, 6.45) is 0. The van der Waals surface area contributed by atoms with E-state index in [-0.39, 0.29) is 5.75 Å². The lowest BCUT2D eigenvalue weighted by Crippen LogP contribution is -1.88. The molecule has 96 valence electrons. The van der Waals surface area contributed by atoms with Gasteiger partial charge in [-0.25, -0.2) is 9.37 Å². The van der Waals surface area contributed by atoms with Crippen molar-refractivity contribution in [2.24, 2.45) is 0 Å². The molecular formula is C14H9BrFNO2. The van der Waals surface area contributed by atoms with Crippen molar-refractivity contribution in [1.29, 1.82) is 0 Å². The first-order valence-electron chi connectivity index (χ1n) is 5.57. The number of benzene rings is 2. The Balaban J connectivity index is 2.13. The Kier molecular flexibility index (Phi) is 2.98. The number of oxazole rings is 1. The van der Waals surface area contributed by atoms with Crippen LogP contribution < -0.4 is 4.74 Å². The maximum Gasteiger partial charge on any atom is 0.227 e. The standard InChI is InChI=1S/C14H9BrFNO2/c1-18-12-6-8(2-4-10(12)16)14-17-11-5-3-9(15)7-13(11)19-14/h2-7H,1H3. The van der Waals surface area contributed by atoms with Crippen molar-refractivity contribution in [2.45, 2.75) is 0 Å². The van der Waals surface area contributed by atoms with Gasteiger partial charge in [0.05, 0.1) is 7.11 Å². The summed E-state index contributed by atoms with van der Waals surface area (Å²) < 4.78 is 24.9. The van der Waals surface area contributed by atoms with Crippen molar-refractivity contribution in [3.63, 3.8) is 0 Å². The summed E-state index contributed by atoms with van der Waals surface area (Å²) in [5.41, 5.74) is 2.10. The number of nitrogens with zero attached hydrogens (tertiary/aromatic N) is 1. The summed E-state index contributed by atoms with van der Waals surface area (Å²) in [6.45, 7) is 0. The van der Waals surface area contributed by atoms with Crippen LogP contribution in [0.4, 0.5) is 4.39 Å². The van der Waals surface area contributed by atoms with Gasteiger partial charge in [0.15, 0.2) is 17.1 Å². The zero-order valence-electron chi connectivity index (χ0n) is 9.98. The molecule has 0 spiro atoms. The third-order valence-corrected chi connectivity index (χ3v) is 3.24. The number of aromatic nitrogens is 1. The Bertz CT molecular complexity index is 754. The highest BCUT2D eigenvalue weighted by Crippen LogP contribution is 2.29. The first kappa shape index (κ1) is 12.2. The first-order chi connectivity index (χ1) is 9.17. The molecule has 0 saturated carbocycles. The lowest BCUT2D eigenvalue weighted by molar-refractivity contribution is 0.386. The highest BCUT2D eigenvalue weighted by atomic mass is 79.9. The highest BCUT2D eigenvalue weighted by molar-refractivity contribution is 9.10. The van der Waals surface area contributed by atoms with E-state index in [2.05, 4.69) is 20.9 Å². The molecule has 3 rings (SSSR count). The molecule has 0 aliphatic heterocycles. The van der Waals surface area contributed by atoms with Crippen molar-refractivity contribution < 1.29 is 13.5 Å². The molecule has 2 aromatic carbocycles. The molecule has 3 nitrogen and oxygen atoms in total. The van der Waals surface area contributed by atoms with Gasteiger partial charge in [-0.15, -0.1) is 0 Å². The molecule has 0 N–H and O–H groups in total. The van der Waals surface area contributed by atoms with E-state index in [1.807, 2.05) is 18.2 Å². The number of fused-ring (bicyclic) bond motifs is 1. The molecule has 0 aliphatic carbocycles.